The number of ether oxygens (including phenoxy) is 1. The SMILES string of the molecule is CC[C@]1(C)OCc2cnc(C(=O)NC3CCn4nc(C)cc4N(C)C3=O)nc21. The van der Waals surface area contributed by atoms with Gasteiger partial charge in [0.1, 0.15) is 17.5 Å². The molecular formula is C19H24N6O3. The maximum Gasteiger partial charge on any atom is 0.289 e. The van der Waals surface area contributed by atoms with Gasteiger partial charge in [-0.15, -0.1) is 0 Å². The van der Waals surface area contributed by atoms with E-state index in [0.29, 0.717) is 19.6 Å². The highest BCUT2D eigenvalue weighted by Gasteiger charge is 2.37. The molecule has 0 aromatic carbocycles. The van der Waals surface area contributed by atoms with Gasteiger partial charge in [-0.1, -0.05) is 6.92 Å². The molecule has 9 heteroatoms. The van der Waals surface area contributed by atoms with Crippen LogP contribution in [0.2, 0.25) is 0 Å². The minimum Gasteiger partial charge on any atom is -0.364 e. The highest BCUT2D eigenvalue weighted by Crippen LogP contribution is 2.36. The van der Waals surface area contributed by atoms with Gasteiger partial charge < -0.3 is 10.1 Å². The van der Waals surface area contributed by atoms with Crippen molar-refractivity contribution in [2.75, 3.05) is 11.9 Å². The molecule has 0 aliphatic carbocycles. The average Bonchev–Trinajstić information content (AvgIpc) is 3.21. The van der Waals surface area contributed by atoms with Crippen molar-refractivity contribution in [3.63, 3.8) is 0 Å². The fourth-order valence-corrected chi connectivity index (χ4v) is 3.70. The van der Waals surface area contributed by atoms with Gasteiger partial charge in [0.25, 0.3) is 11.8 Å². The zero-order chi connectivity index (χ0) is 20.1. The number of fused-ring (bicyclic) bond motifs is 2. The van der Waals surface area contributed by atoms with Crippen LogP contribution >= 0.6 is 0 Å². The topological polar surface area (TPSA) is 102 Å². The molecule has 0 fully saturated rings. The Bertz CT molecular complexity index is 955. The number of rotatable bonds is 3. The van der Waals surface area contributed by atoms with Crippen molar-refractivity contribution in [3.05, 3.63) is 35.0 Å². The van der Waals surface area contributed by atoms with Gasteiger partial charge in [-0.3, -0.25) is 14.5 Å². The molecule has 0 bridgehead atoms. The van der Waals surface area contributed by atoms with Crippen LogP contribution in [0.4, 0.5) is 5.82 Å². The molecule has 148 valence electrons. The number of carbonyl (C=O) groups is 2. The third-order valence-electron chi connectivity index (χ3n) is 5.58. The molecule has 0 saturated heterocycles. The summed E-state index contributed by atoms with van der Waals surface area (Å²) in [5.41, 5.74) is 1.98. The van der Waals surface area contributed by atoms with Gasteiger partial charge in [0.15, 0.2) is 0 Å². The zero-order valence-corrected chi connectivity index (χ0v) is 16.5. The summed E-state index contributed by atoms with van der Waals surface area (Å²) in [5, 5.41) is 7.20. The molecule has 2 amide bonds. The zero-order valence-electron chi connectivity index (χ0n) is 16.5. The fourth-order valence-electron chi connectivity index (χ4n) is 3.70. The molecule has 1 N–H and O–H groups in total. The van der Waals surface area contributed by atoms with E-state index in [-0.39, 0.29) is 11.7 Å². The van der Waals surface area contributed by atoms with Crippen LogP contribution in [0.15, 0.2) is 12.3 Å². The van der Waals surface area contributed by atoms with Crippen LogP contribution in [0.3, 0.4) is 0 Å². The van der Waals surface area contributed by atoms with E-state index in [9.17, 15) is 9.59 Å². The summed E-state index contributed by atoms with van der Waals surface area (Å²) in [6, 6.07) is 1.20. The Hall–Kier alpha value is -2.81. The van der Waals surface area contributed by atoms with Crippen molar-refractivity contribution < 1.29 is 14.3 Å². The molecule has 2 aliphatic rings. The van der Waals surface area contributed by atoms with Crippen LogP contribution in [0.1, 0.15) is 54.3 Å². The fraction of sp³-hybridized carbons (Fsp3) is 0.526. The lowest BCUT2D eigenvalue weighted by atomic mass is 9.98. The van der Waals surface area contributed by atoms with Crippen LogP contribution in [0, 0.1) is 6.92 Å². The van der Waals surface area contributed by atoms with E-state index in [1.807, 2.05) is 26.8 Å². The van der Waals surface area contributed by atoms with E-state index >= 15 is 0 Å². The van der Waals surface area contributed by atoms with Gasteiger partial charge >= 0.3 is 0 Å². The number of nitrogens with one attached hydrogen (secondary N) is 1. The monoisotopic (exact) mass is 384 g/mol. The van der Waals surface area contributed by atoms with Crippen molar-refractivity contribution in [2.45, 2.75) is 58.4 Å². The van der Waals surface area contributed by atoms with Gasteiger partial charge in [-0.25, -0.2) is 14.6 Å². The summed E-state index contributed by atoms with van der Waals surface area (Å²) in [6.07, 6.45) is 2.83. The van der Waals surface area contributed by atoms with Crippen molar-refractivity contribution in [3.8, 4) is 0 Å². The summed E-state index contributed by atoms with van der Waals surface area (Å²) < 4.78 is 7.61. The Balaban J connectivity index is 1.54. The lowest BCUT2D eigenvalue weighted by molar-refractivity contribution is -0.120. The number of amides is 2. The molecule has 0 saturated carbocycles. The Morgan fingerprint density at radius 1 is 1.46 bits per heavy atom. The molecule has 1 unspecified atom stereocenters. The van der Waals surface area contributed by atoms with Crippen molar-refractivity contribution >= 4 is 17.6 Å². The van der Waals surface area contributed by atoms with E-state index in [1.54, 1.807) is 17.9 Å². The predicted molar refractivity (Wildman–Crippen MR) is 101 cm³/mol. The second kappa shape index (κ2) is 6.66. The second-order valence-corrected chi connectivity index (χ2v) is 7.52. The predicted octanol–water partition coefficient (Wildman–Crippen LogP) is 1.30. The highest BCUT2D eigenvalue weighted by molar-refractivity contribution is 6.00. The number of aryl methyl sites for hydroxylation is 2. The lowest BCUT2D eigenvalue weighted by Crippen LogP contribution is -2.47. The molecular weight excluding hydrogens is 360 g/mol. The van der Waals surface area contributed by atoms with Gasteiger partial charge in [0.2, 0.25) is 5.82 Å². The van der Waals surface area contributed by atoms with E-state index in [1.165, 1.54) is 4.90 Å². The number of aromatic nitrogens is 4. The van der Waals surface area contributed by atoms with Gasteiger partial charge in [-0.2, -0.15) is 5.10 Å². The summed E-state index contributed by atoms with van der Waals surface area (Å²) in [5.74, 6) is 0.131. The van der Waals surface area contributed by atoms with Gasteiger partial charge in [0, 0.05) is 31.4 Å². The molecule has 2 atom stereocenters. The Morgan fingerprint density at radius 3 is 3.00 bits per heavy atom. The molecule has 28 heavy (non-hydrogen) atoms. The highest BCUT2D eigenvalue weighted by atomic mass is 16.5. The summed E-state index contributed by atoms with van der Waals surface area (Å²) in [7, 11) is 1.69. The number of hydrogen-bond donors (Lipinski definition) is 1. The molecule has 2 aromatic heterocycles. The van der Waals surface area contributed by atoms with Crippen LogP contribution in [-0.4, -0.2) is 44.7 Å². The molecule has 4 rings (SSSR count). The molecule has 2 aromatic rings. The van der Waals surface area contributed by atoms with Crippen molar-refractivity contribution in [1.29, 1.82) is 0 Å². The first-order chi connectivity index (χ1) is 13.3. The van der Waals surface area contributed by atoms with Crippen LogP contribution in [-0.2, 0) is 28.3 Å². The minimum atomic E-state index is -0.662. The number of anilines is 1. The first-order valence-electron chi connectivity index (χ1n) is 9.45. The first kappa shape index (κ1) is 18.5. The van der Waals surface area contributed by atoms with E-state index in [2.05, 4.69) is 20.4 Å². The quantitative estimate of drug-likeness (QED) is 0.856. The Kier molecular flexibility index (Phi) is 4.41. The van der Waals surface area contributed by atoms with Crippen molar-refractivity contribution in [2.24, 2.45) is 0 Å². The third kappa shape index (κ3) is 2.95. The molecule has 2 aliphatic heterocycles. The standard InChI is InChI=1S/C19H24N6O3/c1-5-19(3)15-12(10-28-19)9-20-16(22-15)17(26)21-13-6-7-25-14(8-11(2)23-25)24(4)18(13)27/h8-9,13H,5-7,10H2,1-4H3,(H,21,26)/t13?,19-/m0/s1. The van der Waals surface area contributed by atoms with Crippen LogP contribution in [0.5, 0.6) is 0 Å². The van der Waals surface area contributed by atoms with E-state index in [0.717, 1.165) is 29.2 Å². The lowest BCUT2D eigenvalue weighted by Gasteiger charge is -2.22. The molecule has 0 radical (unpaired) electrons. The van der Waals surface area contributed by atoms with Crippen LogP contribution < -0.4 is 10.2 Å². The molecule has 4 heterocycles. The second-order valence-electron chi connectivity index (χ2n) is 7.52. The summed E-state index contributed by atoms with van der Waals surface area (Å²) in [6.45, 7) is 6.84. The van der Waals surface area contributed by atoms with Gasteiger partial charge in [-0.05, 0) is 26.7 Å². The number of likely N-dealkylation sites (N-methyl/N-ethyl adjacent to an activating group) is 1. The smallest absolute Gasteiger partial charge is 0.289 e. The number of nitrogens with zero attached hydrogens (tertiary/aromatic N) is 5. The maximum absolute atomic E-state index is 12.8. The first-order valence-corrected chi connectivity index (χ1v) is 9.45. The number of carbonyl (C=O) groups excluding carboxylic acids is 2. The number of hydrogen-bond acceptors (Lipinski definition) is 6. The largest absolute Gasteiger partial charge is 0.364 e. The molecule has 0 spiro atoms. The minimum absolute atomic E-state index is 0.0530. The van der Waals surface area contributed by atoms with E-state index in [4.69, 9.17) is 4.74 Å². The van der Waals surface area contributed by atoms with Crippen molar-refractivity contribution in [1.82, 2.24) is 25.1 Å². The average molecular weight is 384 g/mol. The van der Waals surface area contributed by atoms with Gasteiger partial charge in [0.05, 0.1) is 18.0 Å². The third-order valence-corrected chi connectivity index (χ3v) is 5.58. The Morgan fingerprint density at radius 2 is 2.25 bits per heavy atom. The molecule has 9 nitrogen and oxygen atoms in total. The maximum atomic E-state index is 12.8. The summed E-state index contributed by atoms with van der Waals surface area (Å²) in [4.78, 5) is 35.8. The van der Waals surface area contributed by atoms with Crippen LogP contribution in [0.25, 0.3) is 0 Å². The normalized spacial score (nSPS) is 23.9. The van der Waals surface area contributed by atoms with E-state index < -0.39 is 17.6 Å². The Labute approximate surface area is 163 Å². The summed E-state index contributed by atoms with van der Waals surface area (Å²) >= 11 is 0.